The van der Waals surface area contributed by atoms with Crippen LogP contribution in [0.4, 0.5) is 24.5 Å². The van der Waals surface area contributed by atoms with Gasteiger partial charge in [0.05, 0.1) is 23.8 Å². The van der Waals surface area contributed by atoms with Crippen molar-refractivity contribution in [3.63, 3.8) is 0 Å². The van der Waals surface area contributed by atoms with Crippen molar-refractivity contribution in [3.05, 3.63) is 137 Å². The zero-order chi connectivity index (χ0) is 43.5. The number of carbonyl (C=O) groups excluding carboxylic acids is 1. The highest BCUT2D eigenvalue weighted by atomic mass is 35.5. The molecule has 0 bridgehead atoms. The van der Waals surface area contributed by atoms with Crippen molar-refractivity contribution in [2.75, 3.05) is 62.3 Å². The summed E-state index contributed by atoms with van der Waals surface area (Å²) in [7, 11) is -10.9. The number of rotatable bonds is 19. The molecule has 0 unspecified atom stereocenters. The highest BCUT2D eigenvalue weighted by molar-refractivity contribution is 7.99. The Morgan fingerprint density at radius 3 is 2.23 bits per heavy atom. The number of nitrogens with zero attached hydrogens (tertiary/aromatic N) is 1. The molecule has 0 aliphatic carbocycles. The van der Waals surface area contributed by atoms with E-state index >= 15 is 0 Å². The number of alkyl halides is 3. The molecule has 4 N–H and O–H groups in total. The molecule has 5 aromatic rings. The van der Waals surface area contributed by atoms with Gasteiger partial charge in [-0.25, -0.2) is 21.6 Å². The van der Waals surface area contributed by atoms with E-state index in [2.05, 4.69) is 20.9 Å². The van der Waals surface area contributed by atoms with E-state index in [1.807, 2.05) is 83.6 Å². The minimum Gasteiger partial charge on any atom is -0.384 e. The van der Waals surface area contributed by atoms with Crippen LogP contribution in [0.15, 0.2) is 136 Å². The van der Waals surface area contributed by atoms with Crippen LogP contribution in [-0.2, 0) is 31.1 Å². The van der Waals surface area contributed by atoms with Gasteiger partial charge in [0.15, 0.2) is 0 Å². The fraction of sp³-hybridized carbons (Fsp3) is 0.279. The number of sulfonamides is 1. The first-order valence-electron chi connectivity index (χ1n) is 19.4. The summed E-state index contributed by atoms with van der Waals surface area (Å²) >= 11 is 7.49. The number of halogens is 4. The molecule has 324 valence electrons. The van der Waals surface area contributed by atoms with Crippen molar-refractivity contribution in [1.82, 2.24) is 14.9 Å². The topological polar surface area (TPSA) is 146 Å². The summed E-state index contributed by atoms with van der Waals surface area (Å²) in [5.74, 6) is -0.696. The number of sulfone groups is 1. The third-order valence-corrected chi connectivity index (χ3v) is 14.1. The second kappa shape index (κ2) is 21.0. The molecule has 0 spiro atoms. The Morgan fingerprint density at radius 1 is 0.836 bits per heavy atom. The van der Waals surface area contributed by atoms with Crippen LogP contribution in [0.3, 0.4) is 0 Å². The third-order valence-electron chi connectivity index (χ3n) is 9.80. The largest absolute Gasteiger partial charge is 0.501 e. The molecule has 6 rings (SSSR count). The summed E-state index contributed by atoms with van der Waals surface area (Å²) in [5.41, 5.74) is -2.31. The highest BCUT2D eigenvalue weighted by Gasteiger charge is 2.48. The molecule has 5 aromatic carbocycles. The maximum Gasteiger partial charge on any atom is 0.501 e. The molecular formula is C43H45ClF3N5O6S3. The van der Waals surface area contributed by atoms with E-state index in [1.165, 1.54) is 23.9 Å². The molecule has 1 aliphatic rings. The standard InChI is InChI=1S/C43H45ClF3N5O6S3/c44-34-14-10-31(11-15-34)39-9-5-4-6-33(39)29-48-21-22-49-35-16-12-32(13-17-35)42(53)51-61(56,57)38-18-19-40(41(28-38)60(54,55)43(45,46)47)50-36(20-23-52-24-26-58-27-25-52)30-59-37-7-2-1-3-8-37/h1-19,28,36,48-50H,20-27,29-30H2,(H,51,53)/t36-/m1/s1. The normalized spacial score (nSPS) is 14.3. The van der Waals surface area contributed by atoms with Crippen LogP contribution in [-0.4, -0.2) is 90.9 Å². The smallest absolute Gasteiger partial charge is 0.384 e. The molecule has 1 aliphatic heterocycles. The lowest BCUT2D eigenvalue weighted by molar-refractivity contribution is -0.0435. The lowest BCUT2D eigenvalue weighted by Gasteiger charge is -2.29. The van der Waals surface area contributed by atoms with Crippen LogP contribution in [0, 0.1) is 0 Å². The number of thioether (sulfide) groups is 1. The Bertz CT molecular complexity index is 2460. The first-order chi connectivity index (χ1) is 29.2. The monoisotopic (exact) mass is 915 g/mol. The van der Waals surface area contributed by atoms with Crippen LogP contribution in [0.25, 0.3) is 11.1 Å². The maximum atomic E-state index is 14.1. The first kappa shape index (κ1) is 45.9. The quantitative estimate of drug-likeness (QED) is 0.0474. The van der Waals surface area contributed by atoms with Gasteiger partial charge in [-0.3, -0.25) is 9.69 Å². The lowest BCUT2D eigenvalue weighted by atomic mass is 10.00. The second-order valence-corrected chi connectivity index (χ2v) is 19.2. The number of carbonyl (C=O) groups is 1. The van der Waals surface area contributed by atoms with Crippen molar-refractivity contribution in [3.8, 4) is 11.1 Å². The highest BCUT2D eigenvalue weighted by Crippen LogP contribution is 2.37. The molecule has 0 saturated carbocycles. The van der Waals surface area contributed by atoms with Crippen molar-refractivity contribution in [2.45, 2.75) is 39.2 Å². The number of benzene rings is 5. The van der Waals surface area contributed by atoms with Crippen LogP contribution in [0.1, 0.15) is 22.3 Å². The average Bonchev–Trinajstić information content (AvgIpc) is 3.25. The third kappa shape index (κ3) is 12.7. The van der Waals surface area contributed by atoms with Gasteiger partial charge in [0.1, 0.15) is 4.90 Å². The van der Waals surface area contributed by atoms with Gasteiger partial charge in [-0.1, -0.05) is 66.2 Å². The van der Waals surface area contributed by atoms with Gasteiger partial charge >= 0.3 is 5.51 Å². The molecule has 1 fully saturated rings. The molecule has 1 atom stereocenters. The van der Waals surface area contributed by atoms with Crippen LogP contribution in [0.2, 0.25) is 5.02 Å². The lowest BCUT2D eigenvalue weighted by Crippen LogP contribution is -2.39. The van der Waals surface area contributed by atoms with Gasteiger partial charge in [0, 0.05) is 72.2 Å². The molecule has 1 amide bonds. The number of amides is 1. The van der Waals surface area contributed by atoms with E-state index in [1.54, 1.807) is 12.1 Å². The fourth-order valence-electron chi connectivity index (χ4n) is 6.51. The van der Waals surface area contributed by atoms with Gasteiger partial charge in [0.25, 0.3) is 25.8 Å². The van der Waals surface area contributed by atoms with Crippen LogP contribution >= 0.6 is 23.4 Å². The number of ether oxygens (including phenoxy) is 1. The van der Waals surface area contributed by atoms with Crippen LogP contribution in [0.5, 0.6) is 0 Å². The predicted molar refractivity (Wildman–Crippen MR) is 234 cm³/mol. The van der Waals surface area contributed by atoms with Crippen molar-refractivity contribution >= 4 is 60.5 Å². The van der Waals surface area contributed by atoms with Crippen molar-refractivity contribution in [2.24, 2.45) is 0 Å². The Labute approximate surface area is 363 Å². The summed E-state index contributed by atoms with van der Waals surface area (Å²) in [6.45, 7) is 4.73. The summed E-state index contributed by atoms with van der Waals surface area (Å²) in [5, 5.41) is 10.3. The van der Waals surface area contributed by atoms with E-state index in [0.29, 0.717) is 81.4 Å². The van der Waals surface area contributed by atoms with E-state index in [4.69, 9.17) is 16.3 Å². The number of anilines is 2. The van der Waals surface area contributed by atoms with E-state index < -0.39 is 52.8 Å². The number of hydrogen-bond acceptors (Lipinski definition) is 11. The van der Waals surface area contributed by atoms with Gasteiger partial charge in [-0.2, -0.15) is 13.2 Å². The zero-order valence-corrected chi connectivity index (χ0v) is 36.0. The first-order valence-corrected chi connectivity index (χ1v) is 23.7. The maximum absolute atomic E-state index is 14.1. The zero-order valence-electron chi connectivity index (χ0n) is 32.8. The molecule has 0 radical (unpaired) electrons. The summed E-state index contributed by atoms with van der Waals surface area (Å²) < 4.78 is 102. The SMILES string of the molecule is O=C(NS(=O)(=O)c1ccc(N[C@H](CCN2CCOCC2)CSc2ccccc2)c(S(=O)(=O)C(F)(F)F)c1)c1ccc(NCCNCc2ccccc2-c2ccc(Cl)cc2)cc1. The molecule has 1 saturated heterocycles. The van der Waals surface area contributed by atoms with E-state index in [9.17, 15) is 34.8 Å². The van der Waals surface area contributed by atoms with Crippen molar-refractivity contribution < 1.29 is 39.5 Å². The van der Waals surface area contributed by atoms with Gasteiger partial charge in [0.2, 0.25) is 0 Å². The minimum absolute atomic E-state index is 0.0495. The van der Waals surface area contributed by atoms with Gasteiger partial charge in [-0.05, 0) is 89.8 Å². The fourth-order valence-corrected chi connectivity index (χ4v) is 9.65. The molecule has 18 heteroatoms. The van der Waals surface area contributed by atoms with Gasteiger partial charge < -0.3 is 20.7 Å². The Kier molecular flexibility index (Phi) is 15.8. The number of hydrogen-bond donors (Lipinski definition) is 4. The summed E-state index contributed by atoms with van der Waals surface area (Å²) in [4.78, 5) is 14.1. The van der Waals surface area contributed by atoms with E-state index in [-0.39, 0.29) is 5.56 Å². The molecule has 1 heterocycles. The Hall–Kier alpha value is -4.62. The summed E-state index contributed by atoms with van der Waals surface area (Å²) in [6.07, 6.45) is 0.438. The number of nitrogens with one attached hydrogen (secondary N) is 4. The second-order valence-electron chi connectivity index (χ2n) is 14.1. The molecule has 11 nitrogen and oxygen atoms in total. The summed E-state index contributed by atoms with van der Waals surface area (Å²) in [6, 6.07) is 32.8. The Balaban J connectivity index is 1.09. The Morgan fingerprint density at radius 2 is 1.52 bits per heavy atom. The van der Waals surface area contributed by atoms with Crippen LogP contribution < -0.4 is 20.7 Å². The molecule has 0 aromatic heterocycles. The minimum atomic E-state index is -6.05. The molecular weight excluding hydrogens is 871 g/mol. The van der Waals surface area contributed by atoms with E-state index in [0.717, 1.165) is 33.7 Å². The van der Waals surface area contributed by atoms with Gasteiger partial charge in [-0.15, -0.1) is 11.8 Å². The molecule has 61 heavy (non-hydrogen) atoms. The number of morpholine rings is 1. The van der Waals surface area contributed by atoms with Crippen molar-refractivity contribution in [1.29, 1.82) is 0 Å². The predicted octanol–water partition coefficient (Wildman–Crippen LogP) is 7.92. The average molecular weight is 917 g/mol.